The molecule has 0 N–H and O–H groups in total. The van der Waals surface area contributed by atoms with Gasteiger partial charge in [-0.15, -0.1) is 0 Å². The fourth-order valence-electron chi connectivity index (χ4n) is 4.30. The third-order valence-corrected chi connectivity index (χ3v) is 5.48. The molecule has 0 aromatic heterocycles. The topological polar surface area (TPSA) is 15.8 Å². The van der Waals surface area contributed by atoms with E-state index >= 15 is 0 Å². The van der Waals surface area contributed by atoms with E-state index in [0.717, 1.165) is 25.0 Å². The Bertz CT molecular complexity index is 509. The van der Waals surface area contributed by atoms with Gasteiger partial charge < -0.3 is 4.74 Å². The Labute approximate surface area is 123 Å². The molecule has 2 nitrogen and oxygen atoms in total. The number of hydrogen-bond donors (Lipinski definition) is 0. The second-order valence-electron chi connectivity index (χ2n) is 6.59. The lowest BCUT2D eigenvalue weighted by Crippen LogP contribution is -2.47. The summed E-state index contributed by atoms with van der Waals surface area (Å²) in [6.45, 7) is 3.11. The van der Waals surface area contributed by atoms with Crippen molar-refractivity contribution in [1.29, 1.82) is 0 Å². The maximum absolute atomic E-state index is 13.6. The second-order valence-corrected chi connectivity index (χ2v) is 7.03. The standard InChI is InChI=1S/C16H19ClFNO/c1-10(11-4-12(17)6-13(18)5-11)19-14-2-3-15(19)8-16(7-14)9-20-16/h4-6,10,14-15H,2-3,7-9H2,1H3. The number of ether oxygens (including phenoxy) is 1. The van der Waals surface area contributed by atoms with Gasteiger partial charge in [0.2, 0.25) is 0 Å². The summed E-state index contributed by atoms with van der Waals surface area (Å²) in [6, 6.07) is 6.26. The van der Waals surface area contributed by atoms with Gasteiger partial charge in [0.25, 0.3) is 0 Å². The summed E-state index contributed by atoms with van der Waals surface area (Å²) in [5, 5.41) is 0.484. The minimum atomic E-state index is -0.245. The minimum absolute atomic E-state index is 0.196. The number of fused-ring (bicyclic) bond motifs is 2. The molecule has 4 heteroatoms. The number of hydrogen-bond acceptors (Lipinski definition) is 2. The summed E-state index contributed by atoms with van der Waals surface area (Å²) >= 11 is 6.00. The molecule has 3 aliphatic rings. The molecule has 0 saturated carbocycles. The summed E-state index contributed by atoms with van der Waals surface area (Å²) in [6.07, 6.45) is 4.75. The first-order chi connectivity index (χ1) is 9.56. The van der Waals surface area contributed by atoms with Crippen molar-refractivity contribution in [2.75, 3.05) is 6.61 Å². The molecule has 3 aliphatic heterocycles. The van der Waals surface area contributed by atoms with E-state index in [9.17, 15) is 4.39 Å². The Morgan fingerprint density at radius 3 is 2.50 bits per heavy atom. The Morgan fingerprint density at radius 2 is 1.95 bits per heavy atom. The van der Waals surface area contributed by atoms with Gasteiger partial charge in [-0.2, -0.15) is 0 Å². The zero-order valence-corrected chi connectivity index (χ0v) is 12.4. The number of nitrogens with zero attached hydrogens (tertiary/aromatic N) is 1. The van der Waals surface area contributed by atoms with Crippen molar-refractivity contribution in [1.82, 2.24) is 4.90 Å². The molecule has 3 unspecified atom stereocenters. The molecule has 3 heterocycles. The van der Waals surface area contributed by atoms with Crippen molar-refractivity contribution in [3.8, 4) is 0 Å². The first-order valence-corrected chi connectivity index (χ1v) is 7.82. The predicted molar refractivity (Wildman–Crippen MR) is 76.4 cm³/mol. The van der Waals surface area contributed by atoms with Gasteiger partial charge in [0.1, 0.15) is 5.82 Å². The summed E-state index contributed by atoms with van der Waals surface area (Å²) in [5.41, 5.74) is 1.18. The van der Waals surface area contributed by atoms with Crippen LogP contribution in [0.3, 0.4) is 0 Å². The van der Waals surface area contributed by atoms with Crippen LogP contribution in [0.2, 0.25) is 5.02 Å². The number of halogens is 2. The largest absolute Gasteiger partial charge is 0.369 e. The van der Waals surface area contributed by atoms with E-state index in [1.54, 1.807) is 6.07 Å². The zero-order chi connectivity index (χ0) is 13.9. The lowest BCUT2D eigenvalue weighted by molar-refractivity contribution is 0.0490. The van der Waals surface area contributed by atoms with Gasteiger partial charge in [0, 0.05) is 23.1 Å². The molecule has 3 atom stereocenters. The number of rotatable bonds is 2. The Kier molecular flexibility index (Phi) is 2.89. The number of benzene rings is 1. The van der Waals surface area contributed by atoms with E-state index in [4.69, 9.17) is 16.3 Å². The lowest BCUT2D eigenvalue weighted by atomic mass is 9.89. The van der Waals surface area contributed by atoms with Crippen molar-refractivity contribution in [3.63, 3.8) is 0 Å². The van der Waals surface area contributed by atoms with E-state index < -0.39 is 0 Å². The third kappa shape index (κ3) is 2.07. The highest BCUT2D eigenvalue weighted by Gasteiger charge is 2.56. The van der Waals surface area contributed by atoms with E-state index in [2.05, 4.69) is 11.8 Å². The molecule has 1 aromatic carbocycles. The Morgan fingerprint density at radius 1 is 1.30 bits per heavy atom. The Balaban J connectivity index is 1.61. The van der Waals surface area contributed by atoms with Gasteiger partial charge in [-0.25, -0.2) is 4.39 Å². The SMILES string of the molecule is CC(c1cc(F)cc(Cl)c1)N1C2CCC1CC1(CO1)C2. The first-order valence-electron chi connectivity index (χ1n) is 7.44. The quantitative estimate of drug-likeness (QED) is 0.768. The van der Waals surface area contributed by atoms with Gasteiger partial charge in [0.15, 0.2) is 0 Å². The maximum Gasteiger partial charge on any atom is 0.125 e. The van der Waals surface area contributed by atoms with E-state index in [1.807, 2.05) is 6.07 Å². The van der Waals surface area contributed by atoms with Gasteiger partial charge in [-0.05, 0) is 56.4 Å². The molecule has 2 bridgehead atoms. The molecule has 20 heavy (non-hydrogen) atoms. The fourth-order valence-corrected chi connectivity index (χ4v) is 4.53. The molecule has 1 aromatic rings. The zero-order valence-electron chi connectivity index (χ0n) is 11.6. The van der Waals surface area contributed by atoms with Crippen LogP contribution in [-0.2, 0) is 4.74 Å². The molecule has 0 amide bonds. The maximum atomic E-state index is 13.6. The predicted octanol–water partition coefficient (Wildman–Crippen LogP) is 3.94. The van der Waals surface area contributed by atoms with E-state index in [0.29, 0.717) is 17.1 Å². The Hall–Kier alpha value is -0.640. The molecule has 0 aliphatic carbocycles. The van der Waals surface area contributed by atoms with Crippen LogP contribution in [0, 0.1) is 5.82 Å². The van der Waals surface area contributed by atoms with Crippen LogP contribution in [0.1, 0.15) is 44.2 Å². The summed E-state index contributed by atoms with van der Waals surface area (Å²) in [4.78, 5) is 2.57. The second kappa shape index (κ2) is 4.43. The summed E-state index contributed by atoms with van der Waals surface area (Å²) in [5.74, 6) is -0.245. The van der Waals surface area contributed by atoms with Crippen molar-refractivity contribution >= 4 is 11.6 Å². The molecular formula is C16H19ClFNO. The van der Waals surface area contributed by atoms with Crippen molar-refractivity contribution < 1.29 is 9.13 Å². The van der Waals surface area contributed by atoms with Crippen LogP contribution in [0.5, 0.6) is 0 Å². The normalized spacial score (nSPS) is 37.4. The van der Waals surface area contributed by atoms with Crippen LogP contribution < -0.4 is 0 Å². The van der Waals surface area contributed by atoms with Crippen molar-refractivity contribution in [2.24, 2.45) is 0 Å². The number of piperidine rings is 1. The van der Waals surface area contributed by atoms with Crippen molar-refractivity contribution in [3.05, 3.63) is 34.6 Å². The number of epoxide rings is 1. The van der Waals surface area contributed by atoms with Gasteiger partial charge in [-0.3, -0.25) is 4.90 Å². The smallest absolute Gasteiger partial charge is 0.125 e. The van der Waals surface area contributed by atoms with E-state index in [-0.39, 0.29) is 17.5 Å². The van der Waals surface area contributed by atoms with Crippen LogP contribution in [-0.4, -0.2) is 29.2 Å². The van der Waals surface area contributed by atoms with Gasteiger partial charge >= 0.3 is 0 Å². The molecule has 108 valence electrons. The lowest BCUT2D eigenvalue weighted by Gasteiger charge is -2.42. The van der Waals surface area contributed by atoms with Crippen LogP contribution in [0.15, 0.2) is 18.2 Å². The highest BCUT2D eigenvalue weighted by atomic mass is 35.5. The van der Waals surface area contributed by atoms with Gasteiger partial charge in [-0.1, -0.05) is 11.6 Å². The molecule has 3 saturated heterocycles. The highest BCUT2D eigenvalue weighted by molar-refractivity contribution is 6.30. The first kappa shape index (κ1) is 13.1. The average Bonchev–Trinajstić information content (AvgIpc) is 3.07. The van der Waals surface area contributed by atoms with Crippen molar-refractivity contribution in [2.45, 2.75) is 56.3 Å². The molecule has 0 radical (unpaired) electrons. The molecular weight excluding hydrogens is 277 g/mol. The highest BCUT2D eigenvalue weighted by Crippen LogP contribution is 2.51. The average molecular weight is 296 g/mol. The molecule has 1 spiro atoms. The monoisotopic (exact) mass is 295 g/mol. The minimum Gasteiger partial charge on any atom is -0.369 e. The molecule has 3 fully saturated rings. The van der Waals surface area contributed by atoms with Crippen LogP contribution in [0.25, 0.3) is 0 Å². The van der Waals surface area contributed by atoms with Crippen LogP contribution in [0.4, 0.5) is 4.39 Å². The summed E-state index contributed by atoms with van der Waals surface area (Å²) < 4.78 is 19.3. The molecule has 4 rings (SSSR count). The summed E-state index contributed by atoms with van der Waals surface area (Å²) in [7, 11) is 0. The fraction of sp³-hybridized carbons (Fsp3) is 0.625. The van der Waals surface area contributed by atoms with E-state index in [1.165, 1.54) is 18.9 Å². The van der Waals surface area contributed by atoms with Gasteiger partial charge in [0.05, 0.1) is 12.2 Å². The third-order valence-electron chi connectivity index (χ3n) is 5.26. The van der Waals surface area contributed by atoms with Crippen LogP contribution >= 0.6 is 11.6 Å².